The first kappa shape index (κ1) is 11.7. The summed E-state index contributed by atoms with van der Waals surface area (Å²) in [6, 6.07) is 8.84. The fourth-order valence-electron chi connectivity index (χ4n) is 2.37. The Hall–Kier alpha value is -0.820. The summed E-state index contributed by atoms with van der Waals surface area (Å²) in [4.78, 5) is 0. The molecule has 1 fully saturated rings. The Kier molecular flexibility index (Phi) is 3.34. The fraction of sp³-hybridized carbons (Fsp3) is 0.600. The number of benzene rings is 1. The molecule has 0 aromatic heterocycles. The van der Waals surface area contributed by atoms with E-state index in [0.717, 1.165) is 19.3 Å². The Balaban J connectivity index is 2.03. The normalized spacial score (nSPS) is 17.8. The summed E-state index contributed by atoms with van der Waals surface area (Å²) >= 11 is 0. The first-order valence-corrected chi connectivity index (χ1v) is 6.48. The van der Waals surface area contributed by atoms with Crippen molar-refractivity contribution < 1.29 is 5.11 Å². The van der Waals surface area contributed by atoms with Crippen molar-refractivity contribution >= 4 is 0 Å². The zero-order chi connectivity index (χ0) is 11.6. The Bertz CT molecular complexity index is 331. The number of hydrogen-bond acceptors (Lipinski definition) is 1. The van der Waals surface area contributed by atoms with Crippen molar-refractivity contribution in [3.05, 3.63) is 35.4 Å². The van der Waals surface area contributed by atoms with Crippen molar-refractivity contribution in [2.24, 2.45) is 0 Å². The van der Waals surface area contributed by atoms with Crippen molar-refractivity contribution in [3.8, 4) is 0 Å². The number of aliphatic hydroxyl groups is 1. The molecule has 1 aliphatic rings. The quantitative estimate of drug-likeness (QED) is 0.799. The second kappa shape index (κ2) is 4.58. The standard InChI is InChI=1S/C15H22O/c1-3-13(4-2)14-7-5-12(6-8-14)11-15(16)9-10-15/h5-8,13,16H,3-4,9-11H2,1-2H3. The van der Waals surface area contributed by atoms with E-state index < -0.39 is 0 Å². The minimum absolute atomic E-state index is 0.365. The van der Waals surface area contributed by atoms with Crippen LogP contribution in [0.3, 0.4) is 0 Å². The van der Waals surface area contributed by atoms with E-state index in [1.54, 1.807) is 0 Å². The predicted molar refractivity (Wildman–Crippen MR) is 67.7 cm³/mol. The molecule has 0 spiro atoms. The second-order valence-corrected chi connectivity index (χ2v) is 5.16. The van der Waals surface area contributed by atoms with Gasteiger partial charge < -0.3 is 5.11 Å². The van der Waals surface area contributed by atoms with Gasteiger partial charge in [0, 0.05) is 6.42 Å². The minimum atomic E-state index is -0.365. The highest BCUT2D eigenvalue weighted by molar-refractivity contribution is 5.27. The van der Waals surface area contributed by atoms with Crippen LogP contribution >= 0.6 is 0 Å². The SMILES string of the molecule is CCC(CC)c1ccc(CC2(O)CC2)cc1. The highest BCUT2D eigenvalue weighted by atomic mass is 16.3. The van der Waals surface area contributed by atoms with Crippen LogP contribution in [0.1, 0.15) is 56.6 Å². The molecule has 0 atom stereocenters. The molecule has 1 nitrogen and oxygen atoms in total. The zero-order valence-corrected chi connectivity index (χ0v) is 10.4. The van der Waals surface area contributed by atoms with Gasteiger partial charge in [0.1, 0.15) is 0 Å². The average molecular weight is 218 g/mol. The summed E-state index contributed by atoms with van der Waals surface area (Å²) in [6.45, 7) is 4.49. The first-order chi connectivity index (χ1) is 7.67. The molecule has 0 radical (unpaired) electrons. The van der Waals surface area contributed by atoms with Crippen molar-refractivity contribution in [2.75, 3.05) is 0 Å². The van der Waals surface area contributed by atoms with E-state index in [1.165, 1.54) is 24.0 Å². The van der Waals surface area contributed by atoms with Gasteiger partial charge >= 0.3 is 0 Å². The van der Waals surface area contributed by atoms with Crippen molar-refractivity contribution in [3.63, 3.8) is 0 Å². The molecular weight excluding hydrogens is 196 g/mol. The average Bonchev–Trinajstić information content (AvgIpc) is 3.00. The lowest BCUT2D eigenvalue weighted by atomic mass is 9.92. The maximum absolute atomic E-state index is 9.85. The molecule has 0 unspecified atom stereocenters. The van der Waals surface area contributed by atoms with E-state index in [2.05, 4.69) is 38.1 Å². The Morgan fingerprint density at radius 1 is 1.12 bits per heavy atom. The topological polar surface area (TPSA) is 20.2 Å². The maximum atomic E-state index is 9.85. The second-order valence-electron chi connectivity index (χ2n) is 5.16. The van der Waals surface area contributed by atoms with Crippen molar-refractivity contribution in [1.82, 2.24) is 0 Å². The lowest BCUT2D eigenvalue weighted by Gasteiger charge is -2.14. The Labute approximate surface area is 98.5 Å². The highest BCUT2D eigenvalue weighted by Gasteiger charge is 2.39. The van der Waals surface area contributed by atoms with E-state index in [-0.39, 0.29) is 5.60 Å². The number of rotatable bonds is 5. The molecule has 1 aromatic carbocycles. The van der Waals surface area contributed by atoms with E-state index in [4.69, 9.17) is 0 Å². The monoisotopic (exact) mass is 218 g/mol. The van der Waals surface area contributed by atoms with Gasteiger partial charge in [-0.2, -0.15) is 0 Å². The number of hydrogen-bond donors (Lipinski definition) is 1. The third-order valence-electron chi connectivity index (χ3n) is 3.80. The van der Waals surface area contributed by atoms with E-state index in [9.17, 15) is 5.11 Å². The van der Waals surface area contributed by atoms with E-state index >= 15 is 0 Å². The summed E-state index contributed by atoms with van der Waals surface area (Å²) in [7, 11) is 0. The minimum Gasteiger partial charge on any atom is -0.390 e. The van der Waals surface area contributed by atoms with Crippen LogP contribution in [0.5, 0.6) is 0 Å². The van der Waals surface area contributed by atoms with Gasteiger partial charge in [0.05, 0.1) is 5.60 Å². The van der Waals surface area contributed by atoms with Gasteiger partial charge in [0.15, 0.2) is 0 Å². The molecule has 1 aromatic rings. The molecule has 0 saturated heterocycles. The van der Waals surface area contributed by atoms with Crippen LogP contribution in [-0.4, -0.2) is 10.7 Å². The first-order valence-electron chi connectivity index (χ1n) is 6.48. The lowest BCUT2D eigenvalue weighted by Crippen LogP contribution is -2.10. The van der Waals surface area contributed by atoms with Gasteiger partial charge in [0.25, 0.3) is 0 Å². The summed E-state index contributed by atoms with van der Waals surface area (Å²) in [6.07, 6.45) is 5.19. The van der Waals surface area contributed by atoms with Gasteiger partial charge in [-0.15, -0.1) is 0 Å². The highest BCUT2D eigenvalue weighted by Crippen LogP contribution is 2.38. The summed E-state index contributed by atoms with van der Waals surface area (Å²) in [5.41, 5.74) is 2.35. The summed E-state index contributed by atoms with van der Waals surface area (Å²) in [5.74, 6) is 0.693. The van der Waals surface area contributed by atoms with E-state index in [1.807, 2.05) is 0 Å². The molecule has 1 saturated carbocycles. The molecule has 1 N–H and O–H groups in total. The van der Waals surface area contributed by atoms with Crippen molar-refractivity contribution in [2.45, 2.75) is 57.5 Å². The lowest BCUT2D eigenvalue weighted by molar-refractivity contribution is 0.151. The zero-order valence-electron chi connectivity index (χ0n) is 10.4. The molecule has 1 heteroatoms. The summed E-state index contributed by atoms with van der Waals surface area (Å²) < 4.78 is 0. The largest absolute Gasteiger partial charge is 0.390 e. The fourth-order valence-corrected chi connectivity index (χ4v) is 2.37. The van der Waals surface area contributed by atoms with Crippen LogP contribution in [-0.2, 0) is 6.42 Å². The maximum Gasteiger partial charge on any atom is 0.0690 e. The molecule has 88 valence electrons. The van der Waals surface area contributed by atoms with Gasteiger partial charge in [-0.05, 0) is 42.7 Å². The van der Waals surface area contributed by atoms with Crippen LogP contribution < -0.4 is 0 Å². The van der Waals surface area contributed by atoms with E-state index in [0.29, 0.717) is 5.92 Å². The molecule has 0 bridgehead atoms. The van der Waals surface area contributed by atoms with Crippen LogP contribution in [0.25, 0.3) is 0 Å². The molecule has 0 aliphatic heterocycles. The molecule has 0 heterocycles. The van der Waals surface area contributed by atoms with Gasteiger partial charge in [-0.3, -0.25) is 0 Å². The van der Waals surface area contributed by atoms with Gasteiger partial charge in [-0.25, -0.2) is 0 Å². The molecular formula is C15H22O. The summed E-state index contributed by atoms with van der Waals surface area (Å²) in [5, 5.41) is 9.85. The third-order valence-corrected chi connectivity index (χ3v) is 3.80. The smallest absolute Gasteiger partial charge is 0.0690 e. The van der Waals surface area contributed by atoms with Crippen LogP contribution in [0, 0.1) is 0 Å². The molecule has 16 heavy (non-hydrogen) atoms. The molecule has 0 amide bonds. The van der Waals surface area contributed by atoms with Gasteiger partial charge in [0.2, 0.25) is 0 Å². The van der Waals surface area contributed by atoms with Crippen LogP contribution in [0.15, 0.2) is 24.3 Å². The molecule has 1 aliphatic carbocycles. The van der Waals surface area contributed by atoms with Crippen molar-refractivity contribution in [1.29, 1.82) is 0 Å². The van der Waals surface area contributed by atoms with Crippen LogP contribution in [0.2, 0.25) is 0 Å². The van der Waals surface area contributed by atoms with Gasteiger partial charge in [-0.1, -0.05) is 38.1 Å². The third kappa shape index (κ3) is 2.65. The van der Waals surface area contributed by atoms with Crippen LogP contribution in [0.4, 0.5) is 0 Å². The Morgan fingerprint density at radius 3 is 2.12 bits per heavy atom. The molecule has 2 rings (SSSR count). The Morgan fingerprint density at radius 2 is 1.69 bits per heavy atom. The predicted octanol–water partition coefficient (Wildman–Crippen LogP) is 3.66.